The third kappa shape index (κ3) is 4.76. The molecule has 0 amide bonds. The average molecular weight is 318 g/mol. The molecule has 1 rings (SSSR count). The quantitative estimate of drug-likeness (QED) is 0.429. The monoisotopic (exact) mass is 317 g/mol. The Morgan fingerprint density at radius 2 is 1.71 bits per heavy atom. The highest BCUT2D eigenvalue weighted by atomic mass is 28.4. The van der Waals surface area contributed by atoms with Crippen molar-refractivity contribution in [3.05, 3.63) is 0 Å². The van der Waals surface area contributed by atoms with Gasteiger partial charge in [-0.2, -0.15) is 0 Å². The van der Waals surface area contributed by atoms with Crippen molar-refractivity contribution in [1.82, 2.24) is 4.90 Å². The first-order valence-corrected chi connectivity index (χ1v) is 10.4. The minimum absolute atomic E-state index is 0.381. The van der Waals surface area contributed by atoms with E-state index in [0.29, 0.717) is 11.6 Å². The van der Waals surface area contributed by atoms with Crippen LogP contribution in [0.15, 0.2) is 0 Å². The van der Waals surface area contributed by atoms with Crippen molar-refractivity contribution < 1.29 is 13.3 Å². The first-order chi connectivity index (χ1) is 10.2. The highest BCUT2D eigenvalue weighted by molar-refractivity contribution is 6.62. The molecule has 1 aliphatic rings. The predicted octanol–water partition coefficient (Wildman–Crippen LogP) is 3.69. The SMILES string of the molecule is CCCCCCN1CCCC1C(CC)[Si](OC)(OC)OC. The van der Waals surface area contributed by atoms with Crippen LogP contribution in [0.5, 0.6) is 0 Å². The second-order valence-corrected chi connectivity index (χ2v) is 9.21. The molecule has 1 heterocycles. The van der Waals surface area contributed by atoms with Crippen molar-refractivity contribution in [2.24, 2.45) is 0 Å². The van der Waals surface area contributed by atoms with Crippen molar-refractivity contribution in [1.29, 1.82) is 0 Å². The fourth-order valence-electron chi connectivity index (χ4n) is 3.79. The topological polar surface area (TPSA) is 30.9 Å². The summed E-state index contributed by atoms with van der Waals surface area (Å²) >= 11 is 0. The lowest BCUT2D eigenvalue weighted by Crippen LogP contribution is -2.54. The maximum absolute atomic E-state index is 5.76. The summed E-state index contributed by atoms with van der Waals surface area (Å²) in [5.74, 6) is 0. The molecule has 1 fully saturated rings. The van der Waals surface area contributed by atoms with Gasteiger partial charge < -0.3 is 18.2 Å². The molecule has 2 atom stereocenters. The molecular weight excluding hydrogens is 282 g/mol. The molecule has 1 saturated heterocycles. The number of likely N-dealkylation sites (tertiary alicyclic amines) is 1. The molecule has 4 nitrogen and oxygen atoms in total. The minimum atomic E-state index is -2.55. The number of nitrogens with zero attached hydrogens (tertiary/aromatic N) is 1. The van der Waals surface area contributed by atoms with E-state index in [-0.39, 0.29) is 0 Å². The van der Waals surface area contributed by atoms with Crippen LogP contribution in [-0.2, 0) is 13.3 Å². The summed E-state index contributed by atoms with van der Waals surface area (Å²) in [7, 11) is 2.67. The molecule has 0 aromatic heterocycles. The first kappa shape index (κ1) is 19.1. The molecule has 2 unspecified atom stereocenters. The van der Waals surface area contributed by atoms with E-state index >= 15 is 0 Å². The molecule has 0 bridgehead atoms. The summed E-state index contributed by atoms with van der Waals surface area (Å²) in [6, 6.07) is 0.558. The second-order valence-electron chi connectivity index (χ2n) is 6.04. The summed E-state index contributed by atoms with van der Waals surface area (Å²) in [5, 5.41) is 0. The van der Waals surface area contributed by atoms with Crippen LogP contribution in [0.1, 0.15) is 58.8 Å². The summed E-state index contributed by atoms with van der Waals surface area (Å²) in [6.45, 7) is 6.93. The fraction of sp³-hybridized carbons (Fsp3) is 1.00. The van der Waals surface area contributed by atoms with Gasteiger partial charge in [0.2, 0.25) is 0 Å². The Kier molecular flexibility index (Phi) is 9.05. The van der Waals surface area contributed by atoms with Crippen LogP contribution in [0.2, 0.25) is 5.54 Å². The molecule has 0 spiro atoms. The zero-order valence-corrected chi connectivity index (χ0v) is 15.7. The standard InChI is InChI=1S/C16H35NO3Si/c1-6-8-9-10-13-17-14-11-12-15(17)16(7-2)21(18-3,19-4)20-5/h15-16H,6-14H2,1-5H3. The molecule has 1 aliphatic heterocycles. The second kappa shape index (κ2) is 9.95. The highest BCUT2D eigenvalue weighted by Gasteiger charge is 2.51. The molecule has 0 N–H and O–H groups in total. The van der Waals surface area contributed by atoms with E-state index in [1.165, 1.54) is 51.6 Å². The Bertz CT molecular complexity index is 266. The van der Waals surface area contributed by atoms with Crippen molar-refractivity contribution in [3.8, 4) is 0 Å². The van der Waals surface area contributed by atoms with E-state index < -0.39 is 8.80 Å². The molecule has 5 heteroatoms. The first-order valence-electron chi connectivity index (χ1n) is 8.58. The number of unbranched alkanes of at least 4 members (excludes halogenated alkanes) is 3. The molecule has 21 heavy (non-hydrogen) atoms. The molecule has 126 valence electrons. The third-order valence-electron chi connectivity index (χ3n) is 4.93. The largest absolute Gasteiger partial charge is 0.505 e. The van der Waals surface area contributed by atoms with Crippen molar-refractivity contribution in [3.63, 3.8) is 0 Å². The van der Waals surface area contributed by atoms with E-state index in [2.05, 4.69) is 18.7 Å². The normalized spacial score (nSPS) is 21.9. The van der Waals surface area contributed by atoms with Gasteiger partial charge in [-0.05, 0) is 38.8 Å². The Morgan fingerprint density at radius 1 is 1.05 bits per heavy atom. The number of rotatable bonds is 11. The Balaban J connectivity index is 2.69. The molecule has 0 aromatic rings. The Morgan fingerprint density at radius 3 is 2.24 bits per heavy atom. The van der Waals surface area contributed by atoms with Gasteiger partial charge in [0.05, 0.1) is 0 Å². The lowest BCUT2D eigenvalue weighted by molar-refractivity contribution is 0.0909. The van der Waals surface area contributed by atoms with E-state index in [9.17, 15) is 0 Å². The summed E-state index contributed by atoms with van der Waals surface area (Å²) in [5.41, 5.74) is 0.381. The summed E-state index contributed by atoms with van der Waals surface area (Å²) in [6.07, 6.45) is 8.89. The maximum Gasteiger partial charge on any atom is 0.505 e. The lowest BCUT2D eigenvalue weighted by Gasteiger charge is -2.39. The van der Waals surface area contributed by atoms with Crippen LogP contribution >= 0.6 is 0 Å². The van der Waals surface area contributed by atoms with Crippen LogP contribution in [0.4, 0.5) is 0 Å². The summed E-state index contributed by atoms with van der Waals surface area (Å²) in [4.78, 5) is 2.66. The predicted molar refractivity (Wildman–Crippen MR) is 89.6 cm³/mol. The maximum atomic E-state index is 5.76. The van der Waals surface area contributed by atoms with Gasteiger partial charge >= 0.3 is 8.80 Å². The van der Waals surface area contributed by atoms with Crippen molar-refractivity contribution in [2.75, 3.05) is 34.4 Å². The summed E-state index contributed by atoms with van der Waals surface area (Å²) < 4.78 is 17.3. The van der Waals surface area contributed by atoms with E-state index in [0.717, 1.165) is 6.42 Å². The van der Waals surface area contributed by atoms with E-state index in [4.69, 9.17) is 13.3 Å². The van der Waals surface area contributed by atoms with Gasteiger partial charge in [-0.25, -0.2) is 0 Å². The van der Waals surface area contributed by atoms with Gasteiger partial charge in [-0.1, -0.05) is 33.1 Å². The molecular formula is C16H35NO3Si. The van der Waals surface area contributed by atoms with Gasteiger partial charge in [0.15, 0.2) is 0 Å². The number of hydrogen-bond acceptors (Lipinski definition) is 4. The van der Waals surface area contributed by atoms with Gasteiger partial charge in [-0.15, -0.1) is 0 Å². The fourth-order valence-corrected chi connectivity index (χ4v) is 6.55. The highest BCUT2D eigenvalue weighted by Crippen LogP contribution is 2.38. The van der Waals surface area contributed by atoms with Crippen LogP contribution < -0.4 is 0 Å². The zero-order chi connectivity index (χ0) is 15.7. The van der Waals surface area contributed by atoms with Crippen LogP contribution in [0, 0.1) is 0 Å². The van der Waals surface area contributed by atoms with Crippen LogP contribution in [-0.4, -0.2) is 54.2 Å². The van der Waals surface area contributed by atoms with E-state index in [1.54, 1.807) is 21.3 Å². The van der Waals surface area contributed by atoms with Crippen molar-refractivity contribution >= 4 is 8.80 Å². The van der Waals surface area contributed by atoms with Gasteiger partial charge in [-0.3, -0.25) is 0 Å². The van der Waals surface area contributed by atoms with E-state index in [1.807, 2.05) is 0 Å². The van der Waals surface area contributed by atoms with Crippen LogP contribution in [0.3, 0.4) is 0 Å². The molecule has 0 aliphatic carbocycles. The van der Waals surface area contributed by atoms with Gasteiger partial charge in [0, 0.05) is 32.9 Å². The lowest BCUT2D eigenvalue weighted by atomic mass is 10.1. The minimum Gasteiger partial charge on any atom is -0.377 e. The molecule has 0 saturated carbocycles. The van der Waals surface area contributed by atoms with Crippen molar-refractivity contribution in [2.45, 2.75) is 70.4 Å². The van der Waals surface area contributed by atoms with Gasteiger partial charge in [0.25, 0.3) is 0 Å². The van der Waals surface area contributed by atoms with Gasteiger partial charge in [0.1, 0.15) is 0 Å². The third-order valence-corrected chi connectivity index (χ3v) is 8.33. The molecule has 0 radical (unpaired) electrons. The average Bonchev–Trinajstić information content (AvgIpc) is 2.97. The Labute approximate surface area is 132 Å². The Hall–Kier alpha value is 0.0569. The molecule has 0 aromatic carbocycles. The van der Waals surface area contributed by atoms with Crippen LogP contribution in [0.25, 0.3) is 0 Å². The zero-order valence-electron chi connectivity index (χ0n) is 14.7. The smallest absolute Gasteiger partial charge is 0.377 e. The number of hydrogen-bond donors (Lipinski definition) is 0.